The zero-order valence-electron chi connectivity index (χ0n) is 15.8. The molecule has 0 aliphatic carbocycles. The van der Waals surface area contributed by atoms with Gasteiger partial charge in [0.05, 0.1) is 6.10 Å². The topological polar surface area (TPSA) is 26.7 Å². The normalized spacial score (nSPS) is 25.1. The highest BCUT2D eigenvalue weighted by molar-refractivity contribution is 5.18. The average molecular weight is 368 g/mol. The molecule has 0 saturated carbocycles. The molecule has 2 fully saturated rings. The van der Waals surface area contributed by atoms with E-state index in [9.17, 15) is 9.50 Å². The first-order valence-electron chi connectivity index (χ1n) is 10.1. The number of aliphatic hydroxyl groups is 1. The van der Waals surface area contributed by atoms with Crippen molar-refractivity contribution in [3.05, 3.63) is 71.5 Å². The summed E-state index contributed by atoms with van der Waals surface area (Å²) in [6.45, 7) is 5.47. The van der Waals surface area contributed by atoms with Crippen LogP contribution in [0.5, 0.6) is 0 Å². The third kappa shape index (κ3) is 4.75. The van der Waals surface area contributed by atoms with Crippen molar-refractivity contribution < 1.29 is 9.50 Å². The molecule has 2 aromatic rings. The zero-order chi connectivity index (χ0) is 18.6. The Morgan fingerprint density at radius 1 is 0.963 bits per heavy atom. The number of halogens is 1. The van der Waals surface area contributed by atoms with Gasteiger partial charge in [-0.1, -0.05) is 42.5 Å². The van der Waals surface area contributed by atoms with Crippen LogP contribution in [-0.2, 0) is 6.54 Å². The quantitative estimate of drug-likeness (QED) is 0.869. The summed E-state index contributed by atoms with van der Waals surface area (Å²) in [4.78, 5) is 5.19. The molecule has 2 aromatic carbocycles. The predicted octanol–water partition coefficient (Wildman–Crippen LogP) is 3.85. The van der Waals surface area contributed by atoms with Gasteiger partial charge in [-0.05, 0) is 48.4 Å². The highest BCUT2D eigenvalue weighted by Gasteiger charge is 2.33. The predicted molar refractivity (Wildman–Crippen MR) is 106 cm³/mol. The van der Waals surface area contributed by atoms with E-state index in [2.05, 4.69) is 40.1 Å². The van der Waals surface area contributed by atoms with Crippen LogP contribution in [-0.4, -0.2) is 47.1 Å². The Bertz CT molecular complexity index is 721. The van der Waals surface area contributed by atoms with E-state index >= 15 is 0 Å². The van der Waals surface area contributed by atoms with Crippen LogP contribution in [0, 0.1) is 11.7 Å². The monoisotopic (exact) mass is 368 g/mol. The minimum absolute atomic E-state index is 0.250. The molecule has 1 N–H and O–H groups in total. The van der Waals surface area contributed by atoms with Crippen LogP contribution in [0.1, 0.15) is 36.5 Å². The smallest absolute Gasteiger partial charge is 0.123 e. The van der Waals surface area contributed by atoms with Crippen molar-refractivity contribution >= 4 is 0 Å². The van der Waals surface area contributed by atoms with Gasteiger partial charge in [0.2, 0.25) is 0 Å². The molecule has 0 aromatic heterocycles. The van der Waals surface area contributed by atoms with Gasteiger partial charge >= 0.3 is 0 Å². The molecule has 3 nitrogen and oxygen atoms in total. The van der Waals surface area contributed by atoms with Crippen LogP contribution >= 0.6 is 0 Å². The standard InChI is InChI=1S/C23H29FN2O/c24-21-9-7-20(8-10-21)23(27)14-19-6-11-22-17-25(12-13-26(22)16-19)15-18-4-2-1-3-5-18/h1-5,7-10,19,22-23,27H,6,11-17H2/t19-,22+,23?/m0/s1. The molecular formula is C23H29FN2O. The lowest BCUT2D eigenvalue weighted by Crippen LogP contribution is -2.56. The van der Waals surface area contributed by atoms with Gasteiger partial charge < -0.3 is 5.11 Å². The van der Waals surface area contributed by atoms with Crippen molar-refractivity contribution in [2.24, 2.45) is 5.92 Å². The van der Waals surface area contributed by atoms with Gasteiger partial charge in [0.25, 0.3) is 0 Å². The van der Waals surface area contributed by atoms with E-state index in [0.29, 0.717) is 12.0 Å². The molecule has 0 bridgehead atoms. The van der Waals surface area contributed by atoms with Gasteiger partial charge in [-0.15, -0.1) is 0 Å². The van der Waals surface area contributed by atoms with Gasteiger partial charge in [0.1, 0.15) is 5.82 Å². The molecule has 0 radical (unpaired) electrons. The van der Waals surface area contributed by atoms with Crippen molar-refractivity contribution in [1.82, 2.24) is 9.80 Å². The van der Waals surface area contributed by atoms with E-state index in [1.165, 1.54) is 30.5 Å². The summed E-state index contributed by atoms with van der Waals surface area (Å²) >= 11 is 0. The van der Waals surface area contributed by atoms with Gasteiger partial charge in [-0.25, -0.2) is 4.39 Å². The van der Waals surface area contributed by atoms with E-state index in [1.54, 1.807) is 12.1 Å². The summed E-state index contributed by atoms with van der Waals surface area (Å²) in [6, 6.07) is 17.6. The minimum Gasteiger partial charge on any atom is -0.388 e. The van der Waals surface area contributed by atoms with E-state index < -0.39 is 6.10 Å². The second kappa shape index (κ2) is 8.51. The Morgan fingerprint density at radius 2 is 1.74 bits per heavy atom. The van der Waals surface area contributed by atoms with Crippen molar-refractivity contribution in [3.63, 3.8) is 0 Å². The molecule has 2 saturated heterocycles. The van der Waals surface area contributed by atoms with Crippen LogP contribution in [0.4, 0.5) is 4.39 Å². The molecule has 2 aliphatic rings. The Labute approximate surface area is 161 Å². The lowest BCUT2D eigenvalue weighted by Gasteiger charge is -2.46. The molecule has 4 rings (SSSR count). The van der Waals surface area contributed by atoms with Crippen LogP contribution in [0.2, 0.25) is 0 Å². The molecule has 2 aliphatic heterocycles. The van der Waals surface area contributed by atoms with Gasteiger partial charge in [-0.3, -0.25) is 9.80 Å². The number of fused-ring (bicyclic) bond motifs is 1. The molecule has 1 unspecified atom stereocenters. The number of hydrogen-bond acceptors (Lipinski definition) is 3. The number of nitrogens with zero attached hydrogens (tertiary/aromatic N) is 2. The fraction of sp³-hybridized carbons (Fsp3) is 0.478. The molecule has 2 heterocycles. The zero-order valence-corrected chi connectivity index (χ0v) is 15.8. The Hall–Kier alpha value is -1.75. The Balaban J connectivity index is 1.28. The molecule has 144 valence electrons. The summed E-state index contributed by atoms with van der Waals surface area (Å²) < 4.78 is 13.1. The lowest BCUT2D eigenvalue weighted by atomic mass is 9.86. The van der Waals surface area contributed by atoms with Gasteiger partial charge in [0.15, 0.2) is 0 Å². The molecular weight excluding hydrogens is 339 g/mol. The molecule has 0 spiro atoms. The first kappa shape index (κ1) is 18.6. The van der Waals surface area contributed by atoms with Crippen LogP contribution in [0.15, 0.2) is 54.6 Å². The van der Waals surface area contributed by atoms with Crippen LogP contribution in [0.25, 0.3) is 0 Å². The number of aliphatic hydroxyl groups excluding tert-OH is 1. The second-order valence-corrected chi connectivity index (χ2v) is 8.12. The lowest BCUT2D eigenvalue weighted by molar-refractivity contribution is 0.0122. The first-order chi connectivity index (χ1) is 13.2. The average Bonchev–Trinajstić information content (AvgIpc) is 2.69. The minimum atomic E-state index is -0.494. The number of benzene rings is 2. The van der Waals surface area contributed by atoms with Crippen LogP contribution < -0.4 is 0 Å². The fourth-order valence-electron chi connectivity index (χ4n) is 4.64. The number of piperidine rings is 1. The highest BCUT2D eigenvalue weighted by Crippen LogP contribution is 2.31. The number of hydrogen-bond donors (Lipinski definition) is 1. The Kier molecular flexibility index (Phi) is 5.86. The maximum Gasteiger partial charge on any atom is 0.123 e. The maximum atomic E-state index is 13.1. The largest absolute Gasteiger partial charge is 0.388 e. The van der Waals surface area contributed by atoms with E-state index in [-0.39, 0.29) is 5.82 Å². The summed E-state index contributed by atoms with van der Waals surface area (Å²) in [5.41, 5.74) is 2.22. The third-order valence-corrected chi connectivity index (χ3v) is 6.15. The van der Waals surface area contributed by atoms with Gasteiger partial charge in [-0.2, -0.15) is 0 Å². The van der Waals surface area contributed by atoms with E-state index in [1.807, 2.05) is 0 Å². The van der Waals surface area contributed by atoms with E-state index in [0.717, 1.165) is 44.7 Å². The number of rotatable bonds is 5. The number of piperazine rings is 1. The summed E-state index contributed by atoms with van der Waals surface area (Å²) in [5.74, 6) is 0.266. The highest BCUT2D eigenvalue weighted by atomic mass is 19.1. The van der Waals surface area contributed by atoms with Crippen molar-refractivity contribution in [3.8, 4) is 0 Å². The fourth-order valence-corrected chi connectivity index (χ4v) is 4.64. The van der Waals surface area contributed by atoms with E-state index in [4.69, 9.17) is 0 Å². The third-order valence-electron chi connectivity index (χ3n) is 6.15. The SMILES string of the molecule is OC(C[C@@H]1CC[C@@H]2CN(Cc3ccccc3)CCN2C1)c1ccc(F)cc1. The Morgan fingerprint density at radius 3 is 2.52 bits per heavy atom. The maximum absolute atomic E-state index is 13.1. The molecule has 27 heavy (non-hydrogen) atoms. The van der Waals surface area contributed by atoms with Crippen LogP contribution in [0.3, 0.4) is 0 Å². The second-order valence-electron chi connectivity index (χ2n) is 8.12. The molecule has 3 atom stereocenters. The van der Waals surface area contributed by atoms with Crippen molar-refractivity contribution in [1.29, 1.82) is 0 Å². The molecule has 4 heteroatoms. The van der Waals surface area contributed by atoms with Crippen molar-refractivity contribution in [2.75, 3.05) is 26.2 Å². The summed E-state index contributed by atoms with van der Waals surface area (Å²) in [5, 5.41) is 10.5. The van der Waals surface area contributed by atoms with Crippen molar-refractivity contribution in [2.45, 2.75) is 38.0 Å². The summed E-state index contributed by atoms with van der Waals surface area (Å²) in [7, 11) is 0. The summed E-state index contributed by atoms with van der Waals surface area (Å²) in [6.07, 6.45) is 2.64. The first-order valence-corrected chi connectivity index (χ1v) is 10.1. The van der Waals surface area contributed by atoms with Gasteiger partial charge in [0, 0.05) is 38.8 Å². The molecule has 0 amide bonds.